The Morgan fingerprint density at radius 2 is 2.56 bits per heavy atom. The first kappa shape index (κ1) is 6.92. The van der Waals surface area contributed by atoms with Gasteiger partial charge in [0.1, 0.15) is 5.76 Å². The summed E-state index contributed by atoms with van der Waals surface area (Å²) in [5.74, 6) is 0.947. The summed E-state index contributed by atoms with van der Waals surface area (Å²) in [7, 11) is 1.68. The fraction of sp³-hybridized carbons (Fsp3) is 0.333. The highest BCUT2D eigenvalue weighted by atomic mass is 127. The van der Waals surface area contributed by atoms with Gasteiger partial charge >= 0.3 is 0 Å². The van der Waals surface area contributed by atoms with Gasteiger partial charge in [-0.25, -0.2) is 0 Å². The van der Waals surface area contributed by atoms with E-state index in [1.807, 2.05) is 18.4 Å². The van der Waals surface area contributed by atoms with E-state index < -0.39 is 0 Å². The predicted molar refractivity (Wildman–Crippen MR) is 45.0 cm³/mol. The van der Waals surface area contributed by atoms with E-state index in [9.17, 15) is 0 Å². The highest BCUT2D eigenvalue weighted by Gasteiger charge is 1.98. The molecule has 1 aliphatic rings. The number of nitrogens with zero attached hydrogens (tertiary/aromatic N) is 1. The van der Waals surface area contributed by atoms with Crippen molar-refractivity contribution >= 4 is 22.9 Å². The maximum absolute atomic E-state index is 4.98. The van der Waals surface area contributed by atoms with Gasteiger partial charge in [-0.15, -0.1) is 0 Å². The summed E-state index contributed by atoms with van der Waals surface area (Å²) < 4.78 is 7.04. The molecule has 0 radical (unpaired) electrons. The van der Waals surface area contributed by atoms with Crippen LogP contribution in [0.25, 0.3) is 0 Å². The molecule has 0 aromatic heterocycles. The van der Waals surface area contributed by atoms with Crippen molar-refractivity contribution in [2.75, 3.05) is 13.7 Å². The molecule has 50 valence electrons. The lowest BCUT2D eigenvalue weighted by molar-refractivity contribution is 0.302. The molecular weight excluding hydrogens is 229 g/mol. The molecule has 0 aromatic carbocycles. The highest BCUT2D eigenvalue weighted by molar-refractivity contribution is 14.1. The second-order valence-electron chi connectivity index (χ2n) is 1.71. The third-order valence-electron chi connectivity index (χ3n) is 1.10. The molecule has 0 saturated carbocycles. The summed E-state index contributed by atoms with van der Waals surface area (Å²) in [5.41, 5.74) is 0. The molecule has 0 unspecified atom stereocenters. The molecular formula is C6H8INO. The number of hydrogen-bond donors (Lipinski definition) is 0. The first-order valence-corrected chi connectivity index (χ1v) is 3.64. The van der Waals surface area contributed by atoms with Crippen LogP contribution in [0.3, 0.4) is 0 Å². The zero-order chi connectivity index (χ0) is 6.69. The molecule has 0 bridgehead atoms. The van der Waals surface area contributed by atoms with Crippen LogP contribution >= 0.6 is 22.9 Å². The van der Waals surface area contributed by atoms with Crippen molar-refractivity contribution in [1.82, 2.24) is 3.11 Å². The number of halogens is 1. The lowest BCUT2D eigenvalue weighted by atomic mass is 10.3. The van der Waals surface area contributed by atoms with Gasteiger partial charge in [-0.05, 0) is 12.2 Å². The zero-order valence-corrected chi connectivity index (χ0v) is 7.33. The van der Waals surface area contributed by atoms with Crippen LogP contribution in [0, 0.1) is 0 Å². The number of allylic oxidation sites excluding steroid dienone is 1. The minimum atomic E-state index is 0.931. The number of methoxy groups -OCH3 is 1. The summed E-state index contributed by atoms with van der Waals surface area (Å²) >= 11 is 2.23. The Bertz CT molecular complexity index is 153. The lowest BCUT2D eigenvalue weighted by Gasteiger charge is -2.13. The standard InChI is InChI=1S/C6H8INO/c1-9-6-2-4-8(7)5-3-6/h2-4H,5H2,1H3. The number of hydrogen-bond acceptors (Lipinski definition) is 2. The molecule has 2 nitrogen and oxygen atoms in total. The van der Waals surface area contributed by atoms with Crippen molar-refractivity contribution in [2.45, 2.75) is 0 Å². The smallest absolute Gasteiger partial charge is 0.118 e. The molecule has 0 fully saturated rings. The molecule has 9 heavy (non-hydrogen) atoms. The molecule has 0 atom stereocenters. The van der Waals surface area contributed by atoms with Crippen molar-refractivity contribution in [1.29, 1.82) is 0 Å². The van der Waals surface area contributed by atoms with Gasteiger partial charge in [-0.2, -0.15) is 0 Å². The largest absolute Gasteiger partial charge is 0.497 e. The molecule has 0 amide bonds. The van der Waals surface area contributed by atoms with Crippen molar-refractivity contribution in [3.63, 3.8) is 0 Å². The van der Waals surface area contributed by atoms with Crippen LogP contribution in [0.1, 0.15) is 0 Å². The van der Waals surface area contributed by atoms with Crippen LogP contribution in [-0.2, 0) is 4.74 Å². The van der Waals surface area contributed by atoms with Gasteiger partial charge in [0.05, 0.1) is 30.0 Å². The molecule has 0 saturated heterocycles. The van der Waals surface area contributed by atoms with Crippen LogP contribution < -0.4 is 0 Å². The zero-order valence-electron chi connectivity index (χ0n) is 5.17. The van der Waals surface area contributed by atoms with Gasteiger partial charge in [-0.3, -0.25) is 0 Å². The summed E-state index contributed by atoms with van der Waals surface area (Å²) in [4.78, 5) is 0. The minimum Gasteiger partial charge on any atom is -0.497 e. The third-order valence-corrected chi connectivity index (χ3v) is 1.82. The Kier molecular flexibility index (Phi) is 2.38. The van der Waals surface area contributed by atoms with Crippen molar-refractivity contribution < 1.29 is 4.74 Å². The van der Waals surface area contributed by atoms with Crippen LogP contribution in [0.2, 0.25) is 0 Å². The van der Waals surface area contributed by atoms with Crippen molar-refractivity contribution in [2.24, 2.45) is 0 Å². The molecule has 0 aromatic rings. The van der Waals surface area contributed by atoms with Gasteiger partial charge in [0, 0.05) is 12.7 Å². The van der Waals surface area contributed by atoms with Gasteiger partial charge in [0.2, 0.25) is 0 Å². The average Bonchev–Trinajstić information content (AvgIpc) is 1.90. The van der Waals surface area contributed by atoms with Gasteiger partial charge in [0.15, 0.2) is 0 Å². The maximum atomic E-state index is 4.98. The fourth-order valence-corrected chi connectivity index (χ4v) is 0.970. The molecule has 0 aliphatic carbocycles. The van der Waals surface area contributed by atoms with Crippen LogP contribution in [0.15, 0.2) is 24.1 Å². The topological polar surface area (TPSA) is 12.5 Å². The number of ether oxygens (including phenoxy) is 1. The second kappa shape index (κ2) is 3.10. The average molecular weight is 237 g/mol. The lowest BCUT2D eigenvalue weighted by Crippen LogP contribution is -2.07. The predicted octanol–water partition coefficient (Wildman–Crippen LogP) is 1.70. The van der Waals surface area contributed by atoms with Crippen LogP contribution in [-0.4, -0.2) is 16.8 Å². The minimum absolute atomic E-state index is 0.931. The molecule has 1 heterocycles. The van der Waals surface area contributed by atoms with E-state index in [2.05, 4.69) is 26.0 Å². The van der Waals surface area contributed by atoms with Crippen LogP contribution in [0.5, 0.6) is 0 Å². The first-order chi connectivity index (χ1) is 4.33. The van der Waals surface area contributed by atoms with E-state index in [0.29, 0.717) is 0 Å². The fourth-order valence-electron chi connectivity index (χ4n) is 0.612. The quantitative estimate of drug-likeness (QED) is 0.508. The second-order valence-corrected chi connectivity index (χ2v) is 2.95. The SMILES string of the molecule is COC1=CCN(I)C=C1. The van der Waals surface area contributed by atoms with Crippen molar-refractivity contribution in [3.8, 4) is 0 Å². The van der Waals surface area contributed by atoms with E-state index in [4.69, 9.17) is 4.74 Å². The normalized spacial score (nSPS) is 17.6. The summed E-state index contributed by atoms with van der Waals surface area (Å²) in [6.45, 7) is 0.931. The Hall–Kier alpha value is -0.190. The van der Waals surface area contributed by atoms with E-state index in [1.54, 1.807) is 7.11 Å². The summed E-state index contributed by atoms with van der Waals surface area (Å²) in [6, 6.07) is 0. The van der Waals surface area contributed by atoms with Gasteiger partial charge in [0.25, 0.3) is 0 Å². The molecule has 0 N–H and O–H groups in total. The van der Waals surface area contributed by atoms with E-state index in [-0.39, 0.29) is 0 Å². The maximum Gasteiger partial charge on any atom is 0.118 e. The molecule has 0 spiro atoms. The van der Waals surface area contributed by atoms with Crippen LogP contribution in [0.4, 0.5) is 0 Å². The summed E-state index contributed by atoms with van der Waals surface area (Å²) in [6.07, 6.45) is 5.96. The van der Waals surface area contributed by atoms with E-state index in [0.717, 1.165) is 12.3 Å². The third kappa shape index (κ3) is 1.89. The Balaban J connectivity index is 2.52. The molecule has 3 heteroatoms. The Morgan fingerprint density at radius 1 is 1.78 bits per heavy atom. The molecule has 1 rings (SSSR count). The van der Waals surface area contributed by atoms with Crippen molar-refractivity contribution in [3.05, 3.63) is 24.1 Å². The molecule has 1 aliphatic heterocycles. The Labute approximate surface area is 68.7 Å². The summed E-state index contributed by atoms with van der Waals surface area (Å²) in [5, 5.41) is 0. The number of rotatable bonds is 1. The highest BCUT2D eigenvalue weighted by Crippen LogP contribution is 2.10. The monoisotopic (exact) mass is 237 g/mol. The van der Waals surface area contributed by atoms with E-state index in [1.165, 1.54) is 0 Å². The first-order valence-electron chi connectivity index (χ1n) is 2.67. The van der Waals surface area contributed by atoms with Gasteiger partial charge < -0.3 is 7.85 Å². The van der Waals surface area contributed by atoms with Gasteiger partial charge in [-0.1, -0.05) is 0 Å². The Morgan fingerprint density at radius 3 is 3.00 bits per heavy atom. The van der Waals surface area contributed by atoms with E-state index >= 15 is 0 Å².